The van der Waals surface area contributed by atoms with Crippen LogP contribution in [0.3, 0.4) is 0 Å². The van der Waals surface area contributed by atoms with E-state index in [2.05, 4.69) is 20.1 Å². The van der Waals surface area contributed by atoms with Gasteiger partial charge in [-0.2, -0.15) is 13.2 Å². The predicted molar refractivity (Wildman–Crippen MR) is 115 cm³/mol. The van der Waals surface area contributed by atoms with Gasteiger partial charge in [-0.25, -0.2) is 0 Å². The Kier molecular flexibility index (Phi) is 7.33. The molecule has 1 aromatic heterocycles. The third kappa shape index (κ3) is 6.04. The Morgan fingerprint density at radius 2 is 1.90 bits per heavy atom. The molecule has 1 amide bonds. The first-order chi connectivity index (χ1) is 14.7. The average molecular weight is 435 g/mol. The van der Waals surface area contributed by atoms with Crippen LogP contribution in [0.25, 0.3) is 0 Å². The minimum Gasteiger partial charge on any atom is -0.322 e. The number of halogens is 3. The lowest BCUT2D eigenvalue weighted by Gasteiger charge is -2.23. The number of hydrogen-bond donors (Lipinski definition) is 1. The number of hydrogen-bond acceptors (Lipinski definition) is 4. The number of alkyl halides is 3. The van der Waals surface area contributed by atoms with Crippen LogP contribution in [0.5, 0.6) is 0 Å². The summed E-state index contributed by atoms with van der Waals surface area (Å²) >= 11 is 0. The van der Waals surface area contributed by atoms with E-state index >= 15 is 0 Å². The van der Waals surface area contributed by atoms with Gasteiger partial charge in [0.1, 0.15) is 0 Å². The van der Waals surface area contributed by atoms with Gasteiger partial charge in [-0.3, -0.25) is 14.7 Å². The Bertz CT molecular complexity index is 930. The molecule has 3 rings (SSSR count). The minimum atomic E-state index is -4.50. The standard InChI is InChI=1S/C23H29F3N4O/c1-4-17-12-19(14-27-16(17)2)22(31)28-20-7-6-18(21(13-20)23(24,25)26)15-30-9-5-8-29(3)10-11-30/h6-7,12-14H,4-5,8-11,15H2,1-3H3,(H,28,31). The van der Waals surface area contributed by atoms with Crippen LogP contribution in [-0.4, -0.2) is 53.9 Å². The molecule has 31 heavy (non-hydrogen) atoms. The highest BCUT2D eigenvalue weighted by Crippen LogP contribution is 2.34. The van der Waals surface area contributed by atoms with Gasteiger partial charge in [-0.15, -0.1) is 0 Å². The number of nitrogens with one attached hydrogen (secondary N) is 1. The zero-order valence-corrected chi connectivity index (χ0v) is 18.2. The summed E-state index contributed by atoms with van der Waals surface area (Å²) in [4.78, 5) is 21.0. The van der Waals surface area contributed by atoms with Crippen LogP contribution in [0.15, 0.2) is 30.5 Å². The molecule has 1 aromatic carbocycles. The Morgan fingerprint density at radius 1 is 1.13 bits per heavy atom. The topological polar surface area (TPSA) is 48.5 Å². The van der Waals surface area contributed by atoms with E-state index in [0.717, 1.165) is 56.3 Å². The van der Waals surface area contributed by atoms with E-state index in [1.54, 1.807) is 6.07 Å². The number of likely N-dealkylation sites (N-methyl/N-ethyl adjacent to an activating group) is 1. The highest BCUT2D eigenvalue weighted by Gasteiger charge is 2.34. The molecule has 8 heteroatoms. The van der Waals surface area contributed by atoms with Crippen LogP contribution >= 0.6 is 0 Å². The number of benzene rings is 1. The summed E-state index contributed by atoms with van der Waals surface area (Å²) in [7, 11) is 2.02. The fourth-order valence-corrected chi connectivity index (χ4v) is 3.82. The van der Waals surface area contributed by atoms with E-state index in [1.807, 2.05) is 20.9 Å². The van der Waals surface area contributed by atoms with E-state index in [-0.39, 0.29) is 17.8 Å². The molecule has 0 saturated carbocycles. The molecule has 2 aromatic rings. The molecule has 0 unspecified atom stereocenters. The Balaban J connectivity index is 1.80. The van der Waals surface area contributed by atoms with E-state index in [4.69, 9.17) is 0 Å². The highest BCUT2D eigenvalue weighted by atomic mass is 19.4. The first-order valence-electron chi connectivity index (χ1n) is 10.5. The number of aryl methyl sites for hydroxylation is 2. The molecule has 1 aliphatic rings. The average Bonchev–Trinajstić information content (AvgIpc) is 2.92. The maximum absolute atomic E-state index is 13.8. The molecule has 0 spiro atoms. The van der Waals surface area contributed by atoms with Gasteiger partial charge in [0.2, 0.25) is 0 Å². The van der Waals surface area contributed by atoms with Crippen molar-refractivity contribution in [3.8, 4) is 0 Å². The summed E-state index contributed by atoms with van der Waals surface area (Å²) < 4.78 is 41.3. The van der Waals surface area contributed by atoms with Gasteiger partial charge in [0.15, 0.2) is 0 Å². The van der Waals surface area contributed by atoms with Gasteiger partial charge in [0.05, 0.1) is 11.1 Å². The van der Waals surface area contributed by atoms with Crippen LogP contribution in [0, 0.1) is 6.92 Å². The maximum Gasteiger partial charge on any atom is 0.416 e. The monoisotopic (exact) mass is 434 g/mol. The molecule has 168 valence electrons. The Morgan fingerprint density at radius 3 is 2.61 bits per heavy atom. The number of pyridine rings is 1. The smallest absolute Gasteiger partial charge is 0.322 e. The number of carbonyl (C=O) groups is 1. The molecule has 1 saturated heterocycles. The molecule has 1 N–H and O–H groups in total. The van der Waals surface area contributed by atoms with E-state index in [0.29, 0.717) is 5.56 Å². The lowest BCUT2D eigenvalue weighted by Crippen LogP contribution is -2.29. The van der Waals surface area contributed by atoms with Crippen LogP contribution < -0.4 is 5.32 Å². The Labute approximate surface area is 181 Å². The molecule has 0 aliphatic carbocycles. The quantitative estimate of drug-likeness (QED) is 0.760. The fourth-order valence-electron chi connectivity index (χ4n) is 3.82. The Hall–Kier alpha value is -2.45. The molecule has 5 nitrogen and oxygen atoms in total. The molecule has 0 bridgehead atoms. The number of rotatable bonds is 5. The van der Waals surface area contributed by atoms with Crippen molar-refractivity contribution in [2.45, 2.75) is 39.4 Å². The predicted octanol–water partition coefficient (Wildman–Crippen LogP) is 4.36. The van der Waals surface area contributed by atoms with Crippen molar-refractivity contribution in [3.05, 3.63) is 58.4 Å². The fraction of sp³-hybridized carbons (Fsp3) is 0.478. The van der Waals surface area contributed by atoms with Crippen molar-refractivity contribution in [3.63, 3.8) is 0 Å². The summed E-state index contributed by atoms with van der Waals surface area (Å²) in [5.74, 6) is -0.473. The van der Waals surface area contributed by atoms with Gasteiger partial charge in [0.25, 0.3) is 5.91 Å². The summed E-state index contributed by atoms with van der Waals surface area (Å²) in [5.41, 5.74) is 1.73. The second-order valence-corrected chi connectivity index (χ2v) is 8.08. The molecule has 0 atom stereocenters. The third-order valence-electron chi connectivity index (χ3n) is 5.71. The first kappa shape index (κ1) is 23.2. The molecule has 2 heterocycles. The largest absolute Gasteiger partial charge is 0.416 e. The molecular formula is C23H29F3N4O. The molecular weight excluding hydrogens is 405 g/mol. The van der Waals surface area contributed by atoms with Crippen molar-refractivity contribution >= 4 is 11.6 Å². The second-order valence-electron chi connectivity index (χ2n) is 8.08. The summed E-state index contributed by atoms with van der Waals surface area (Å²) in [6.45, 7) is 7.33. The zero-order valence-electron chi connectivity index (χ0n) is 18.2. The summed E-state index contributed by atoms with van der Waals surface area (Å²) in [5, 5.41) is 2.59. The number of anilines is 1. The van der Waals surface area contributed by atoms with Crippen molar-refractivity contribution < 1.29 is 18.0 Å². The van der Waals surface area contributed by atoms with Gasteiger partial charge >= 0.3 is 6.18 Å². The molecule has 1 aliphatic heterocycles. The van der Waals surface area contributed by atoms with Crippen LogP contribution in [0.2, 0.25) is 0 Å². The number of nitrogens with zero attached hydrogens (tertiary/aromatic N) is 3. The van der Waals surface area contributed by atoms with Gasteiger partial charge in [-0.05, 0) is 69.2 Å². The van der Waals surface area contributed by atoms with Crippen molar-refractivity contribution in [2.24, 2.45) is 0 Å². The highest BCUT2D eigenvalue weighted by molar-refractivity contribution is 6.04. The SMILES string of the molecule is CCc1cc(C(=O)Nc2ccc(CN3CCCN(C)CC3)c(C(F)(F)F)c2)cnc1C. The maximum atomic E-state index is 13.8. The number of amides is 1. The number of aromatic nitrogens is 1. The third-order valence-corrected chi connectivity index (χ3v) is 5.71. The van der Waals surface area contributed by atoms with E-state index in [1.165, 1.54) is 18.3 Å². The van der Waals surface area contributed by atoms with E-state index in [9.17, 15) is 18.0 Å². The van der Waals surface area contributed by atoms with Crippen molar-refractivity contribution in [1.82, 2.24) is 14.8 Å². The first-order valence-corrected chi connectivity index (χ1v) is 10.5. The number of carbonyl (C=O) groups excluding carboxylic acids is 1. The van der Waals surface area contributed by atoms with Gasteiger partial charge < -0.3 is 10.2 Å². The van der Waals surface area contributed by atoms with Gasteiger partial charge in [-0.1, -0.05) is 13.0 Å². The summed E-state index contributed by atoms with van der Waals surface area (Å²) in [6.07, 6.45) is -1.41. The molecule has 0 radical (unpaired) electrons. The van der Waals surface area contributed by atoms with Gasteiger partial charge in [0, 0.05) is 37.2 Å². The lowest BCUT2D eigenvalue weighted by atomic mass is 10.0. The van der Waals surface area contributed by atoms with Crippen LogP contribution in [0.1, 0.15) is 46.1 Å². The zero-order chi connectivity index (χ0) is 22.6. The minimum absolute atomic E-state index is 0.121. The normalized spacial score (nSPS) is 16.2. The van der Waals surface area contributed by atoms with Crippen LogP contribution in [-0.2, 0) is 19.1 Å². The lowest BCUT2D eigenvalue weighted by molar-refractivity contribution is -0.138. The summed E-state index contributed by atoms with van der Waals surface area (Å²) in [6, 6.07) is 5.76. The second kappa shape index (κ2) is 9.78. The van der Waals surface area contributed by atoms with Crippen molar-refractivity contribution in [1.29, 1.82) is 0 Å². The van der Waals surface area contributed by atoms with E-state index < -0.39 is 17.6 Å². The van der Waals surface area contributed by atoms with Crippen LogP contribution in [0.4, 0.5) is 18.9 Å². The molecule has 1 fully saturated rings. The van der Waals surface area contributed by atoms with Crippen molar-refractivity contribution in [2.75, 3.05) is 38.5 Å².